The lowest BCUT2D eigenvalue weighted by Crippen LogP contribution is -2.22. The van der Waals surface area contributed by atoms with Crippen molar-refractivity contribution in [2.75, 3.05) is 14.1 Å². The van der Waals surface area contributed by atoms with E-state index < -0.39 is 0 Å². The van der Waals surface area contributed by atoms with Crippen molar-refractivity contribution in [1.82, 2.24) is 5.32 Å². The normalized spacial score (nSPS) is 11.5. The minimum absolute atomic E-state index is 0.0725. The number of guanidine groups is 1. The van der Waals surface area contributed by atoms with Crippen LogP contribution < -0.4 is 16.8 Å². The van der Waals surface area contributed by atoms with Gasteiger partial charge in [0, 0.05) is 25.2 Å². The highest BCUT2D eigenvalue weighted by Crippen LogP contribution is 2.06. The Hall–Kier alpha value is -2.37. The first-order chi connectivity index (χ1) is 8.19. The van der Waals surface area contributed by atoms with E-state index in [1.54, 1.807) is 13.3 Å². The molecule has 5 N–H and O–H groups in total. The largest absolute Gasteiger partial charge is 0.373 e. The van der Waals surface area contributed by atoms with Crippen molar-refractivity contribution in [3.63, 3.8) is 0 Å². The zero-order valence-corrected chi connectivity index (χ0v) is 9.88. The number of benzene rings is 1. The van der Waals surface area contributed by atoms with Crippen LogP contribution in [0.15, 0.2) is 39.5 Å². The summed E-state index contributed by atoms with van der Waals surface area (Å²) in [6.45, 7) is 0. The number of aliphatic imine (C=N–C) groups is 1. The molecule has 0 saturated heterocycles. The first kappa shape index (κ1) is 12.7. The molecule has 0 radical (unpaired) electrons. The summed E-state index contributed by atoms with van der Waals surface area (Å²) in [6, 6.07) is 7.68. The Morgan fingerprint density at radius 1 is 1.29 bits per heavy atom. The summed E-state index contributed by atoms with van der Waals surface area (Å²) in [5.74, 6) is 0.702. The quantitative estimate of drug-likeness (QED) is 0.385. The van der Waals surface area contributed by atoms with Gasteiger partial charge in [0.25, 0.3) is 0 Å². The van der Waals surface area contributed by atoms with Crippen molar-refractivity contribution in [3.05, 3.63) is 35.4 Å². The van der Waals surface area contributed by atoms with Gasteiger partial charge in [-0.2, -0.15) is 5.10 Å². The van der Waals surface area contributed by atoms with Gasteiger partial charge in [-0.25, -0.2) is 0 Å². The number of nitrogens with two attached hydrogens (primary N) is 2. The van der Waals surface area contributed by atoms with Crippen LogP contribution in [0.25, 0.3) is 0 Å². The predicted molar refractivity (Wildman–Crippen MR) is 71.4 cm³/mol. The maximum Gasteiger partial charge on any atom is 0.211 e. The van der Waals surface area contributed by atoms with E-state index in [-0.39, 0.29) is 5.96 Å². The molecular formula is C11H16N6. The molecule has 6 nitrogen and oxygen atoms in total. The van der Waals surface area contributed by atoms with E-state index in [0.29, 0.717) is 0 Å². The molecule has 0 heterocycles. The van der Waals surface area contributed by atoms with Crippen molar-refractivity contribution in [1.29, 1.82) is 0 Å². The maximum atomic E-state index is 5.18. The van der Waals surface area contributed by atoms with Gasteiger partial charge in [-0.3, -0.25) is 4.99 Å². The first-order valence-electron chi connectivity index (χ1n) is 5.05. The fourth-order valence-corrected chi connectivity index (χ4v) is 1.35. The zero-order valence-electron chi connectivity index (χ0n) is 9.88. The van der Waals surface area contributed by atoms with Crippen LogP contribution in [-0.4, -0.2) is 32.1 Å². The smallest absolute Gasteiger partial charge is 0.211 e. The Balaban J connectivity index is 3.08. The Morgan fingerprint density at radius 3 is 2.59 bits per heavy atom. The van der Waals surface area contributed by atoms with E-state index in [1.165, 1.54) is 0 Å². The van der Waals surface area contributed by atoms with Crippen molar-refractivity contribution in [3.8, 4) is 0 Å². The molecule has 0 aliphatic heterocycles. The average Bonchev–Trinajstić information content (AvgIpc) is 2.32. The lowest BCUT2D eigenvalue weighted by molar-refractivity contribution is 1.15. The fraction of sp³-hybridized carbons (Fsp3) is 0.182. The summed E-state index contributed by atoms with van der Waals surface area (Å²) in [5, 5.41) is 10.3. The molecule has 0 bridgehead atoms. The van der Waals surface area contributed by atoms with Crippen LogP contribution in [0, 0.1) is 0 Å². The maximum absolute atomic E-state index is 5.18. The Labute approximate surface area is 100 Å². The van der Waals surface area contributed by atoms with Crippen molar-refractivity contribution in [2.45, 2.75) is 0 Å². The van der Waals surface area contributed by atoms with Gasteiger partial charge in [-0.15, -0.1) is 5.10 Å². The minimum Gasteiger partial charge on any atom is -0.373 e. The molecule has 0 spiro atoms. The van der Waals surface area contributed by atoms with Gasteiger partial charge in [0.15, 0.2) is 0 Å². The molecule has 0 unspecified atom stereocenters. The van der Waals surface area contributed by atoms with Crippen LogP contribution in [0.3, 0.4) is 0 Å². The van der Waals surface area contributed by atoms with Gasteiger partial charge in [0.2, 0.25) is 5.96 Å². The molecule has 0 aliphatic carbocycles. The van der Waals surface area contributed by atoms with Gasteiger partial charge >= 0.3 is 0 Å². The van der Waals surface area contributed by atoms with Crippen LogP contribution >= 0.6 is 0 Å². The molecule has 0 atom stereocenters. The zero-order chi connectivity index (χ0) is 12.7. The van der Waals surface area contributed by atoms with Crippen molar-refractivity contribution >= 4 is 18.0 Å². The second-order valence-corrected chi connectivity index (χ2v) is 3.18. The number of hydrogen-bond donors (Lipinski definition) is 3. The molecule has 1 rings (SSSR count). The highest BCUT2D eigenvalue weighted by atomic mass is 15.3. The molecule has 1 aromatic carbocycles. The number of amidine groups is 1. The van der Waals surface area contributed by atoms with E-state index in [2.05, 4.69) is 20.5 Å². The molecule has 0 aliphatic rings. The molecule has 1 aromatic rings. The third-order valence-corrected chi connectivity index (χ3v) is 2.05. The van der Waals surface area contributed by atoms with Crippen LogP contribution in [0.2, 0.25) is 0 Å². The van der Waals surface area contributed by atoms with Gasteiger partial charge < -0.3 is 16.8 Å². The summed E-state index contributed by atoms with van der Waals surface area (Å²) >= 11 is 0. The summed E-state index contributed by atoms with van der Waals surface area (Å²) < 4.78 is 0. The van der Waals surface area contributed by atoms with Gasteiger partial charge in [-0.05, 0) is 0 Å². The van der Waals surface area contributed by atoms with Gasteiger partial charge in [0.1, 0.15) is 5.84 Å². The minimum atomic E-state index is -0.0725. The van der Waals surface area contributed by atoms with E-state index in [1.807, 2.05) is 31.3 Å². The lowest BCUT2D eigenvalue weighted by Gasteiger charge is -2.07. The molecule has 0 saturated carbocycles. The highest BCUT2D eigenvalue weighted by Gasteiger charge is 2.04. The van der Waals surface area contributed by atoms with Crippen LogP contribution in [0.4, 0.5) is 0 Å². The topological polar surface area (TPSA) is 101 Å². The second kappa shape index (κ2) is 6.26. The Kier molecular flexibility index (Phi) is 4.68. The average molecular weight is 232 g/mol. The SMILES string of the molecule is CN=C(NC)c1ccccc1C=NN=C(N)N. The fourth-order valence-electron chi connectivity index (χ4n) is 1.35. The summed E-state index contributed by atoms with van der Waals surface area (Å²) in [7, 11) is 3.53. The number of nitrogens with one attached hydrogen (secondary N) is 1. The summed E-state index contributed by atoms with van der Waals surface area (Å²) in [4.78, 5) is 4.14. The molecule has 6 heteroatoms. The molecule has 0 amide bonds. The highest BCUT2D eigenvalue weighted by molar-refractivity contribution is 6.05. The second-order valence-electron chi connectivity index (χ2n) is 3.18. The number of rotatable bonds is 3. The third kappa shape index (κ3) is 3.60. The van der Waals surface area contributed by atoms with Crippen molar-refractivity contribution in [2.24, 2.45) is 26.7 Å². The lowest BCUT2D eigenvalue weighted by atomic mass is 10.1. The molecule has 90 valence electrons. The third-order valence-electron chi connectivity index (χ3n) is 2.05. The van der Waals surface area contributed by atoms with Crippen LogP contribution in [-0.2, 0) is 0 Å². The van der Waals surface area contributed by atoms with Crippen molar-refractivity contribution < 1.29 is 0 Å². The van der Waals surface area contributed by atoms with E-state index in [0.717, 1.165) is 17.0 Å². The van der Waals surface area contributed by atoms with E-state index >= 15 is 0 Å². The standard InChI is InChI=1S/C11H16N6/c1-14-10(15-2)9-6-4-3-5-8(9)7-16-17-11(12)13/h3-7H,1-2H3,(H,14,15)(H4,12,13,17). The molecule has 0 aromatic heterocycles. The summed E-state index contributed by atoms with van der Waals surface area (Å²) in [6.07, 6.45) is 1.58. The van der Waals surface area contributed by atoms with E-state index in [9.17, 15) is 0 Å². The van der Waals surface area contributed by atoms with E-state index in [4.69, 9.17) is 11.5 Å². The molecule has 0 fully saturated rings. The monoisotopic (exact) mass is 232 g/mol. The molecular weight excluding hydrogens is 216 g/mol. The Bertz CT molecular complexity index is 457. The van der Waals surface area contributed by atoms with Gasteiger partial charge in [0.05, 0.1) is 6.21 Å². The van der Waals surface area contributed by atoms with Crippen LogP contribution in [0.5, 0.6) is 0 Å². The number of hydrogen-bond acceptors (Lipinski definition) is 3. The predicted octanol–water partition coefficient (Wildman–Crippen LogP) is -0.110. The van der Waals surface area contributed by atoms with Gasteiger partial charge in [-0.1, -0.05) is 24.3 Å². The molecule has 17 heavy (non-hydrogen) atoms. The van der Waals surface area contributed by atoms with Crippen LogP contribution in [0.1, 0.15) is 11.1 Å². The number of nitrogens with zero attached hydrogens (tertiary/aromatic N) is 3. The summed E-state index contributed by atoms with van der Waals surface area (Å²) in [5.41, 5.74) is 12.2. The Morgan fingerprint density at radius 2 is 2.00 bits per heavy atom. The first-order valence-corrected chi connectivity index (χ1v) is 5.05.